The molecule has 1 fully saturated rings. The zero-order valence-electron chi connectivity index (χ0n) is 19.2. The van der Waals surface area contributed by atoms with E-state index in [0.717, 1.165) is 38.0 Å². The molecule has 0 amide bonds. The van der Waals surface area contributed by atoms with Crippen LogP contribution in [0, 0.1) is 5.92 Å². The molecule has 0 aliphatic carbocycles. The molecule has 8 heteroatoms. The number of hydrogen-bond acceptors (Lipinski definition) is 6. The third kappa shape index (κ3) is 4.89. The second-order valence-electron chi connectivity index (χ2n) is 8.94. The molecule has 0 saturated carbocycles. The molecule has 33 heavy (non-hydrogen) atoms. The molecule has 2 aromatic carbocycles. The van der Waals surface area contributed by atoms with Crippen LogP contribution in [0.3, 0.4) is 0 Å². The topological polar surface area (TPSA) is 96.3 Å². The summed E-state index contributed by atoms with van der Waals surface area (Å²) in [4.78, 5) is 0.0960. The first-order valence-electron chi connectivity index (χ1n) is 11.6. The van der Waals surface area contributed by atoms with Gasteiger partial charge in [0.25, 0.3) is 10.0 Å². The predicted molar refractivity (Wildman–Crippen MR) is 126 cm³/mol. The van der Waals surface area contributed by atoms with E-state index in [4.69, 9.17) is 9.47 Å². The van der Waals surface area contributed by atoms with Crippen LogP contribution in [-0.4, -0.2) is 44.5 Å². The van der Waals surface area contributed by atoms with Gasteiger partial charge < -0.3 is 19.7 Å². The minimum atomic E-state index is -3.91. The Hall–Kier alpha value is -2.13. The number of fused-ring (bicyclic) bond motifs is 1. The highest BCUT2D eigenvalue weighted by molar-refractivity contribution is 7.92. The molecule has 2 aliphatic heterocycles. The minimum absolute atomic E-state index is 0.0960. The highest BCUT2D eigenvalue weighted by atomic mass is 32.2. The Kier molecular flexibility index (Phi) is 7.28. The van der Waals surface area contributed by atoms with Crippen LogP contribution >= 0.6 is 0 Å². The molecular formula is C25H33NO6S. The van der Waals surface area contributed by atoms with Gasteiger partial charge in [-0.3, -0.25) is 4.31 Å². The maximum Gasteiger partial charge on any atom is 0.264 e. The fraction of sp³-hybridized carbons (Fsp3) is 0.520. The Morgan fingerprint density at radius 3 is 2.61 bits per heavy atom. The lowest BCUT2D eigenvalue weighted by atomic mass is 9.94. The van der Waals surface area contributed by atoms with Crippen LogP contribution in [0.25, 0.3) is 0 Å². The van der Waals surface area contributed by atoms with E-state index in [2.05, 4.69) is 0 Å². The number of sulfonamides is 1. The van der Waals surface area contributed by atoms with E-state index in [9.17, 15) is 18.6 Å². The molecule has 2 aromatic rings. The Bertz CT molecular complexity index is 1080. The van der Waals surface area contributed by atoms with Gasteiger partial charge >= 0.3 is 0 Å². The van der Waals surface area contributed by atoms with Crippen molar-refractivity contribution in [2.45, 2.75) is 63.2 Å². The van der Waals surface area contributed by atoms with E-state index < -0.39 is 22.2 Å². The van der Waals surface area contributed by atoms with Crippen LogP contribution in [0.15, 0.2) is 41.3 Å². The number of ether oxygens (including phenoxy) is 2. The molecule has 0 radical (unpaired) electrons. The lowest BCUT2D eigenvalue weighted by Crippen LogP contribution is -2.43. The zero-order valence-corrected chi connectivity index (χ0v) is 20.1. The second-order valence-corrected chi connectivity index (χ2v) is 10.8. The van der Waals surface area contributed by atoms with Gasteiger partial charge in [0.1, 0.15) is 5.75 Å². The van der Waals surface area contributed by atoms with Gasteiger partial charge in [0.2, 0.25) is 0 Å². The SMILES string of the molecule is CCc1ccc2c(c1)C(O)CC(C)N2S(=O)(=O)c1ccc(OCC2CCOCC2)c(CO)c1. The fourth-order valence-electron chi connectivity index (χ4n) is 4.66. The standard InChI is InChI=1S/C25H33NO6S/c1-3-18-4-6-23-22(13-18)24(28)12-17(2)26(23)33(29,30)21-5-7-25(20(14-21)15-27)32-16-19-8-10-31-11-9-19/h4-7,13-14,17,19,24,27-28H,3,8-12,15-16H2,1-2H3. The van der Waals surface area contributed by atoms with Crippen LogP contribution in [0.5, 0.6) is 5.75 Å². The summed E-state index contributed by atoms with van der Waals surface area (Å²) in [5.41, 5.74) is 2.63. The van der Waals surface area contributed by atoms with E-state index in [1.165, 1.54) is 16.4 Å². The zero-order chi connectivity index (χ0) is 23.6. The molecule has 2 unspecified atom stereocenters. The second kappa shape index (κ2) is 10.0. The van der Waals surface area contributed by atoms with Gasteiger partial charge in [-0.15, -0.1) is 0 Å². The van der Waals surface area contributed by atoms with E-state index in [-0.39, 0.29) is 11.5 Å². The van der Waals surface area contributed by atoms with Crippen LogP contribution in [0.2, 0.25) is 0 Å². The van der Waals surface area contributed by atoms with Crippen molar-refractivity contribution in [3.8, 4) is 5.75 Å². The number of aliphatic hydroxyl groups excluding tert-OH is 2. The van der Waals surface area contributed by atoms with Gasteiger partial charge in [-0.25, -0.2) is 8.42 Å². The van der Waals surface area contributed by atoms with E-state index in [1.54, 1.807) is 19.1 Å². The van der Waals surface area contributed by atoms with Crippen molar-refractivity contribution in [1.29, 1.82) is 0 Å². The molecular weight excluding hydrogens is 442 g/mol. The van der Waals surface area contributed by atoms with Gasteiger partial charge in [-0.05, 0) is 68.4 Å². The largest absolute Gasteiger partial charge is 0.493 e. The molecule has 1 saturated heterocycles. The fourth-order valence-corrected chi connectivity index (χ4v) is 6.40. The summed E-state index contributed by atoms with van der Waals surface area (Å²) in [6.07, 6.45) is 2.27. The van der Waals surface area contributed by atoms with E-state index in [1.807, 2.05) is 19.1 Å². The normalized spacial score (nSPS) is 21.6. The molecule has 2 atom stereocenters. The highest BCUT2D eigenvalue weighted by Gasteiger charge is 2.37. The molecule has 0 bridgehead atoms. The lowest BCUT2D eigenvalue weighted by Gasteiger charge is -2.38. The van der Waals surface area contributed by atoms with Gasteiger partial charge in [-0.1, -0.05) is 19.1 Å². The summed E-state index contributed by atoms with van der Waals surface area (Å²) in [5, 5.41) is 20.5. The Balaban J connectivity index is 1.63. The molecule has 2 heterocycles. The van der Waals surface area contributed by atoms with Crippen molar-refractivity contribution in [3.63, 3.8) is 0 Å². The smallest absolute Gasteiger partial charge is 0.264 e. The maximum absolute atomic E-state index is 13.7. The number of aliphatic hydroxyl groups is 2. The van der Waals surface area contributed by atoms with Crippen molar-refractivity contribution in [2.24, 2.45) is 5.92 Å². The van der Waals surface area contributed by atoms with Crippen molar-refractivity contribution in [3.05, 3.63) is 53.1 Å². The summed E-state index contributed by atoms with van der Waals surface area (Å²) >= 11 is 0. The summed E-state index contributed by atoms with van der Waals surface area (Å²) < 4.78 is 40.1. The summed E-state index contributed by atoms with van der Waals surface area (Å²) in [6.45, 7) is 5.46. The quantitative estimate of drug-likeness (QED) is 0.636. The Morgan fingerprint density at radius 1 is 1.15 bits per heavy atom. The molecule has 2 aliphatic rings. The van der Waals surface area contributed by atoms with Crippen molar-refractivity contribution >= 4 is 15.7 Å². The summed E-state index contributed by atoms with van der Waals surface area (Å²) in [7, 11) is -3.91. The van der Waals surface area contributed by atoms with Gasteiger partial charge in [-0.2, -0.15) is 0 Å². The first kappa shape index (κ1) is 24.0. The average molecular weight is 476 g/mol. The monoisotopic (exact) mass is 475 g/mol. The van der Waals surface area contributed by atoms with Gasteiger partial charge in [0.15, 0.2) is 0 Å². The average Bonchev–Trinajstić information content (AvgIpc) is 2.82. The molecule has 7 nitrogen and oxygen atoms in total. The molecule has 0 aromatic heterocycles. The lowest BCUT2D eigenvalue weighted by molar-refractivity contribution is 0.0494. The number of hydrogen-bond donors (Lipinski definition) is 2. The third-order valence-corrected chi connectivity index (χ3v) is 8.56. The van der Waals surface area contributed by atoms with Crippen molar-refractivity contribution in [1.82, 2.24) is 0 Å². The maximum atomic E-state index is 13.7. The molecule has 0 spiro atoms. The molecule has 4 rings (SSSR count). The van der Waals surface area contributed by atoms with Crippen molar-refractivity contribution < 1.29 is 28.1 Å². The van der Waals surface area contributed by atoms with Crippen LogP contribution in [0.1, 0.15) is 55.9 Å². The number of rotatable bonds is 7. The van der Waals surface area contributed by atoms with Crippen molar-refractivity contribution in [2.75, 3.05) is 24.1 Å². The summed E-state index contributed by atoms with van der Waals surface area (Å²) in [6, 6.07) is 9.81. The predicted octanol–water partition coefficient (Wildman–Crippen LogP) is 3.57. The highest BCUT2D eigenvalue weighted by Crippen LogP contribution is 2.41. The van der Waals surface area contributed by atoms with Gasteiger partial charge in [0.05, 0.1) is 29.9 Å². The van der Waals surface area contributed by atoms with E-state index in [0.29, 0.717) is 41.5 Å². The number of benzene rings is 2. The first-order chi connectivity index (χ1) is 15.8. The third-order valence-electron chi connectivity index (χ3n) is 6.64. The number of anilines is 1. The van der Waals surface area contributed by atoms with Crippen LogP contribution in [-0.2, 0) is 27.8 Å². The Morgan fingerprint density at radius 2 is 1.91 bits per heavy atom. The van der Waals surface area contributed by atoms with Gasteiger partial charge in [0, 0.05) is 30.4 Å². The number of nitrogens with zero attached hydrogens (tertiary/aromatic N) is 1. The molecule has 180 valence electrons. The minimum Gasteiger partial charge on any atom is -0.493 e. The number of aryl methyl sites for hydroxylation is 1. The van der Waals surface area contributed by atoms with Crippen LogP contribution in [0.4, 0.5) is 5.69 Å². The molecule has 2 N–H and O–H groups in total. The summed E-state index contributed by atoms with van der Waals surface area (Å²) in [5.74, 6) is 0.886. The first-order valence-corrected chi connectivity index (χ1v) is 13.1. The van der Waals surface area contributed by atoms with Crippen LogP contribution < -0.4 is 9.04 Å². The van der Waals surface area contributed by atoms with E-state index >= 15 is 0 Å². The Labute approximate surface area is 196 Å².